The third-order valence-corrected chi connectivity index (χ3v) is 5.04. The predicted octanol–water partition coefficient (Wildman–Crippen LogP) is 1.40. The smallest absolute Gasteiger partial charge is 0.271 e. The van der Waals surface area contributed by atoms with Crippen LogP contribution in [0.25, 0.3) is 0 Å². The van der Waals surface area contributed by atoms with Gasteiger partial charge in [-0.2, -0.15) is 0 Å². The molecule has 2 aromatic rings. The standard InChI is InChI=1S/C17H17N3O2/c21-15-10-18-14(9-19-15)16(22)20-8-12-7-17(12)6-5-11-3-1-2-4-13(11)17/h1-4,9-10,12H,5-8H2,(H,19,21)(H,20,22)/t12-,17+/m1/s1. The van der Waals surface area contributed by atoms with Gasteiger partial charge in [-0.1, -0.05) is 24.3 Å². The van der Waals surface area contributed by atoms with Gasteiger partial charge in [-0.15, -0.1) is 0 Å². The topological polar surface area (TPSA) is 74.8 Å². The molecule has 5 nitrogen and oxygen atoms in total. The summed E-state index contributed by atoms with van der Waals surface area (Å²) in [6, 6.07) is 8.64. The zero-order chi connectivity index (χ0) is 15.2. The third-order valence-electron chi connectivity index (χ3n) is 5.04. The van der Waals surface area contributed by atoms with Crippen molar-refractivity contribution in [3.8, 4) is 0 Å². The van der Waals surface area contributed by atoms with Crippen LogP contribution in [0.15, 0.2) is 41.5 Å². The van der Waals surface area contributed by atoms with Crippen molar-refractivity contribution in [2.24, 2.45) is 5.92 Å². The molecule has 0 unspecified atom stereocenters. The number of H-pyrrole nitrogens is 1. The lowest BCUT2D eigenvalue weighted by Crippen LogP contribution is -2.29. The maximum absolute atomic E-state index is 12.0. The van der Waals surface area contributed by atoms with Crippen LogP contribution in [-0.4, -0.2) is 22.4 Å². The number of carbonyl (C=O) groups excluding carboxylic acids is 1. The molecule has 1 saturated carbocycles. The Morgan fingerprint density at radius 1 is 1.41 bits per heavy atom. The highest BCUT2D eigenvalue weighted by molar-refractivity contribution is 5.91. The van der Waals surface area contributed by atoms with Crippen LogP contribution in [0, 0.1) is 5.92 Å². The SMILES string of the molecule is O=C(NC[C@H]1C[C@@]12CCc1ccccc12)c1c[nH]c(=O)cn1. The second kappa shape index (κ2) is 4.80. The molecule has 1 fully saturated rings. The number of amides is 1. The molecule has 1 spiro atoms. The van der Waals surface area contributed by atoms with Crippen molar-refractivity contribution >= 4 is 5.91 Å². The van der Waals surface area contributed by atoms with Crippen LogP contribution in [0.2, 0.25) is 0 Å². The zero-order valence-corrected chi connectivity index (χ0v) is 12.1. The maximum Gasteiger partial charge on any atom is 0.271 e. The number of nitrogens with zero attached hydrogens (tertiary/aromatic N) is 1. The van der Waals surface area contributed by atoms with Gasteiger partial charge in [0.25, 0.3) is 11.5 Å². The normalized spacial score (nSPS) is 25.0. The quantitative estimate of drug-likeness (QED) is 0.899. The largest absolute Gasteiger partial charge is 0.350 e. The number of carbonyl (C=O) groups is 1. The van der Waals surface area contributed by atoms with Crippen LogP contribution in [0.5, 0.6) is 0 Å². The molecule has 2 N–H and O–H groups in total. The van der Waals surface area contributed by atoms with Gasteiger partial charge in [0.2, 0.25) is 0 Å². The molecular formula is C17H17N3O2. The van der Waals surface area contributed by atoms with Crippen LogP contribution < -0.4 is 10.9 Å². The van der Waals surface area contributed by atoms with E-state index in [9.17, 15) is 9.59 Å². The Morgan fingerprint density at radius 3 is 3.09 bits per heavy atom. The summed E-state index contributed by atoms with van der Waals surface area (Å²) in [4.78, 5) is 29.3. The first-order valence-electron chi connectivity index (χ1n) is 7.60. The van der Waals surface area contributed by atoms with Crippen molar-refractivity contribution in [1.29, 1.82) is 0 Å². The monoisotopic (exact) mass is 295 g/mol. The van der Waals surface area contributed by atoms with Crippen LogP contribution in [-0.2, 0) is 11.8 Å². The van der Waals surface area contributed by atoms with E-state index in [0.29, 0.717) is 12.5 Å². The van der Waals surface area contributed by atoms with Gasteiger partial charge < -0.3 is 10.3 Å². The summed E-state index contributed by atoms with van der Waals surface area (Å²) >= 11 is 0. The molecule has 4 rings (SSSR count). The van der Waals surface area contributed by atoms with Gasteiger partial charge in [-0.05, 0) is 36.3 Å². The lowest BCUT2D eigenvalue weighted by Gasteiger charge is -2.12. The molecule has 2 aliphatic carbocycles. The molecule has 1 aromatic heterocycles. The molecule has 2 aliphatic rings. The Morgan fingerprint density at radius 2 is 2.27 bits per heavy atom. The second-order valence-electron chi connectivity index (χ2n) is 6.22. The van der Waals surface area contributed by atoms with Gasteiger partial charge in [-0.25, -0.2) is 4.98 Å². The van der Waals surface area contributed by atoms with Gasteiger partial charge in [0, 0.05) is 18.2 Å². The molecule has 1 heterocycles. The maximum atomic E-state index is 12.0. The number of nitrogens with one attached hydrogen (secondary N) is 2. The average Bonchev–Trinajstić information content (AvgIpc) is 3.13. The highest BCUT2D eigenvalue weighted by atomic mass is 16.2. The number of aryl methyl sites for hydroxylation is 1. The van der Waals surface area contributed by atoms with Gasteiger partial charge in [0.1, 0.15) is 5.69 Å². The van der Waals surface area contributed by atoms with Crippen LogP contribution in [0.1, 0.15) is 34.5 Å². The van der Waals surface area contributed by atoms with E-state index in [1.54, 1.807) is 0 Å². The zero-order valence-electron chi connectivity index (χ0n) is 12.1. The first-order chi connectivity index (χ1) is 10.7. The van der Waals surface area contributed by atoms with E-state index >= 15 is 0 Å². The number of rotatable bonds is 3. The summed E-state index contributed by atoms with van der Waals surface area (Å²) in [5.41, 5.74) is 3.15. The van der Waals surface area contributed by atoms with E-state index < -0.39 is 0 Å². The number of aromatic amines is 1. The van der Waals surface area contributed by atoms with Crippen molar-refractivity contribution in [2.45, 2.75) is 24.7 Å². The lowest BCUT2D eigenvalue weighted by molar-refractivity contribution is 0.0945. The van der Waals surface area contributed by atoms with E-state index in [1.807, 2.05) is 0 Å². The highest BCUT2D eigenvalue weighted by Crippen LogP contribution is 2.61. The first-order valence-corrected chi connectivity index (χ1v) is 7.60. The highest BCUT2D eigenvalue weighted by Gasteiger charge is 2.57. The van der Waals surface area contributed by atoms with E-state index in [0.717, 1.165) is 19.0 Å². The minimum Gasteiger partial charge on any atom is -0.350 e. The summed E-state index contributed by atoms with van der Waals surface area (Å²) in [6.07, 6.45) is 5.95. The van der Waals surface area contributed by atoms with Crippen molar-refractivity contribution in [3.05, 3.63) is 63.8 Å². The molecule has 1 aromatic carbocycles. The summed E-state index contributed by atoms with van der Waals surface area (Å²) < 4.78 is 0. The van der Waals surface area contributed by atoms with E-state index in [2.05, 4.69) is 39.6 Å². The third kappa shape index (κ3) is 2.04. The van der Waals surface area contributed by atoms with Gasteiger partial charge in [0.05, 0.1) is 6.20 Å². The fourth-order valence-corrected chi connectivity index (χ4v) is 3.77. The van der Waals surface area contributed by atoms with Crippen LogP contribution in [0.3, 0.4) is 0 Å². The average molecular weight is 295 g/mol. The Hall–Kier alpha value is -2.43. The van der Waals surface area contributed by atoms with Crippen LogP contribution >= 0.6 is 0 Å². The Kier molecular flexibility index (Phi) is 2.89. The van der Waals surface area contributed by atoms with Crippen molar-refractivity contribution in [3.63, 3.8) is 0 Å². The summed E-state index contributed by atoms with van der Waals surface area (Å²) in [5.74, 6) is 0.271. The van der Waals surface area contributed by atoms with E-state index in [-0.39, 0.29) is 22.6 Å². The molecule has 22 heavy (non-hydrogen) atoms. The molecule has 0 radical (unpaired) electrons. The molecule has 1 amide bonds. The van der Waals surface area contributed by atoms with E-state index in [4.69, 9.17) is 0 Å². The number of benzene rings is 1. The molecule has 0 saturated heterocycles. The Bertz CT molecular complexity index is 778. The molecule has 0 aliphatic heterocycles. The van der Waals surface area contributed by atoms with Gasteiger partial charge >= 0.3 is 0 Å². The first kappa shape index (κ1) is 13.2. The predicted molar refractivity (Wildman–Crippen MR) is 81.7 cm³/mol. The number of fused-ring (bicyclic) bond motifs is 2. The summed E-state index contributed by atoms with van der Waals surface area (Å²) in [5, 5.41) is 2.94. The summed E-state index contributed by atoms with van der Waals surface area (Å²) in [7, 11) is 0. The second-order valence-corrected chi connectivity index (χ2v) is 6.22. The lowest BCUT2D eigenvalue weighted by atomic mass is 9.95. The van der Waals surface area contributed by atoms with Crippen LogP contribution in [0.4, 0.5) is 0 Å². The Labute approximate surface area is 127 Å². The van der Waals surface area contributed by atoms with Crippen molar-refractivity contribution in [2.75, 3.05) is 6.54 Å². The number of hydrogen-bond acceptors (Lipinski definition) is 3. The molecule has 5 heteroatoms. The fraction of sp³-hybridized carbons (Fsp3) is 0.353. The molecular weight excluding hydrogens is 278 g/mol. The minimum absolute atomic E-state index is 0.232. The fourth-order valence-electron chi connectivity index (χ4n) is 3.77. The van der Waals surface area contributed by atoms with Gasteiger partial charge in [0.15, 0.2) is 0 Å². The number of hydrogen-bond donors (Lipinski definition) is 2. The van der Waals surface area contributed by atoms with Crippen molar-refractivity contribution < 1.29 is 4.79 Å². The molecule has 0 bridgehead atoms. The summed E-state index contributed by atoms with van der Waals surface area (Å²) in [6.45, 7) is 0.661. The van der Waals surface area contributed by atoms with Gasteiger partial charge in [-0.3, -0.25) is 9.59 Å². The number of aromatic nitrogens is 2. The van der Waals surface area contributed by atoms with E-state index in [1.165, 1.54) is 23.7 Å². The minimum atomic E-state index is -0.305. The van der Waals surface area contributed by atoms with Crippen molar-refractivity contribution in [1.82, 2.24) is 15.3 Å². The molecule has 112 valence electrons. The Balaban J connectivity index is 1.42. The molecule has 2 atom stereocenters.